The molecule has 2 N–H and O–H groups in total. The van der Waals surface area contributed by atoms with Crippen LogP contribution in [0.3, 0.4) is 0 Å². The van der Waals surface area contributed by atoms with Crippen molar-refractivity contribution in [2.45, 2.75) is 18.2 Å². The molecule has 0 aliphatic heterocycles. The molecule has 106 valence electrons. The number of methoxy groups -OCH3 is 1. The number of carbonyl (C=O) groups excluding carboxylic acids is 1. The van der Waals surface area contributed by atoms with Gasteiger partial charge in [-0.05, 0) is 24.1 Å². The normalized spacial score (nSPS) is 11.3. The van der Waals surface area contributed by atoms with Crippen molar-refractivity contribution in [3.63, 3.8) is 0 Å². The van der Waals surface area contributed by atoms with E-state index in [2.05, 4.69) is 9.46 Å². The van der Waals surface area contributed by atoms with Gasteiger partial charge in [0.25, 0.3) is 0 Å². The van der Waals surface area contributed by atoms with Crippen LogP contribution in [0.4, 0.5) is 0 Å². The molecular formula is C12H17NO5S. The second-order valence-electron chi connectivity index (χ2n) is 3.79. The number of hydrogen-bond acceptors (Lipinski definition) is 5. The monoisotopic (exact) mass is 287 g/mol. The first-order valence-electron chi connectivity index (χ1n) is 5.78. The molecule has 1 rings (SSSR count). The summed E-state index contributed by atoms with van der Waals surface area (Å²) in [6.45, 7) is 1.49. The second kappa shape index (κ2) is 6.65. The van der Waals surface area contributed by atoms with E-state index in [4.69, 9.17) is 5.11 Å². The topological polar surface area (TPSA) is 92.7 Å². The highest BCUT2D eigenvalue weighted by Gasteiger charge is 2.18. The summed E-state index contributed by atoms with van der Waals surface area (Å²) in [5, 5.41) is 8.64. The van der Waals surface area contributed by atoms with Gasteiger partial charge in [0.2, 0.25) is 10.0 Å². The lowest BCUT2D eigenvalue weighted by Gasteiger charge is -2.10. The quantitative estimate of drug-likeness (QED) is 0.734. The van der Waals surface area contributed by atoms with Gasteiger partial charge < -0.3 is 9.84 Å². The number of esters is 1. The molecule has 0 aliphatic carbocycles. The van der Waals surface area contributed by atoms with Crippen LogP contribution in [-0.4, -0.2) is 39.8 Å². The van der Waals surface area contributed by atoms with Crippen LogP contribution in [0.1, 0.15) is 22.8 Å². The van der Waals surface area contributed by atoms with Crippen molar-refractivity contribution in [3.05, 3.63) is 29.3 Å². The lowest BCUT2D eigenvalue weighted by atomic mass is 10.1. The zero-order valence-electron chi connectivity index (χ0n) is 10.8. The van der Waals surface area contributed by atoms with Crippen molar-refractivity contribution in [2.24, 2.45) is 0 Å². The van der Waals surface area contributed by atoms with Crippen molar-refractivity contribution in [2.75, 3.05) is 20.3 Å². The molecule has 0 amide bonds. The van der Waals surface area contributed by atoms with E-state index < -0.39 is 16.0 Å². The average Bonchev–Trinajstić information content (AvgIpc) is 2.43. The van der Waals surface area contributed by atoms with E-state index in [1.54, 1.807) is 6.07 Å². The predicted molar refractivity (Wildman–Crippen MR) is 69.4 cm³/mol. The van der Waals surface area contributed by atoms with E-state index >= 15 is 0 Å². The molecule has 0 atom stereocenters. The van der Waals surface area contributed by atoms with Gasteiger partial charge in [0.15, 0.2) is 0 Å². The van der Waals surface area contributed by atoms with Crippen LogP contribution in [0.25, 0.3) is 0 Å². The lowest BCUT2D eigenvalue weighted by Crippen LogP contribution is -2.27. The Morgan fingerprint density at radius 2 is 2.11 bits per heavy atom. The van der Waals surface area contributed by atoms with Gasteiger partial charge in [-0.25, -0.2) is 17.9 Å². The summed E-state index contributed by atoms with van der Waals surface area (Å²) < 4.78 is 30.6. The Kier molecular flexibility index (Phi) is 5.46. The molecular weight excluding hydrogens is 270 g/mol. The Labute approximate surface area is 112 Å². The molecule has 6 nitrogen and oxygen atoms in total. The zero-order valence-corrected chi connectivity index (χ0v) is 11.7. The van der Waals surface area contributed by atoms with Crippen LogP contribution in [-0.2, 0) is 21.2 Å². The summed E-state index contributed by atoms with van der Waals surface area (Å²) in [7, 11) is -2.49. The predicted octanol–water partition coefficient (Wildman–Crippen LogP) is 0.306. The summed E-state index contributed by atoms with van der Waals surface area (Å²) in [6.07, 6.45) is 0.592. The molecule has 0 fully saturated rings. The minimum atomic E-state index is -3.73. The average molecular weight is 287 g/mol. The van der Waals surface area contributed by atoms with Crippen LogP contribution >= 0.6 is 0 Å². The largest absolute Gasteiger partial charge is 0.465 e. The molecule has 0 radical (unpaired) electrons. The van der Waals surface area contributed by atoms with Gasteiger partial charge in [-0.2, -0.15) is 0 Å². The number of carbonyl (C=O) groups is 1. The number of aliphatic hydroxyl groups is 1. The van der Waals surface area contributed by atoms with Crippen LogP contribution in [0.5, 0.6) is 0 Å². The SMILES string of the molecule is CCc1ccc(S(=O)(=O)NCCO)cc1C(=O)OC. The first-order valence-corrected chi connectivity index (χ1v) is 7.26. The number of benzene rings is 1. The van der Waals surface area contributed by atoms with Gasteiger partial charge in [-0.15, -0.1) is 0 Å². The van der Waals surface area contributed by atoms with Crippen molar-refractivity contribution in [1.82, 2.24) is 4.72 Å². The van der Waals surface area contributed by atoms with E-state index in [1.165, 1.54) is 19.2 Å². The van der Waals surface area contributed by atoms with Crippen molar-refractivity contribution in [1.29, 1.82) is 0 Å². The maximum atomic E-state index is 11.9. The summed E-state index contributed by atoms with van der Waals surface area (Å²) in [4.78, 5) is 11.6. The molecule has 0 saturated carbocycles. The van der Waals surface area contributed by atoms with Crippen molar-refractivity contribution >= 4 is 16.0 Å². The standard InChI is InChI=1S/C12H17NO5S/c1-3-9-4-5-10(8-11(9)12(15)18-2)19(16,17)13-6-7-14/h4-5,8,13-14H,3,6-7H2,1-2H3. The van der Waals surface area contributed by atoms with Crippen molar-refractivity contribution in [3.8, 4) is 0 Å². The molecule has 0 aromatic heterocycles. The van der Waals surface area contributed by atoms with Crippen LogP contribution < -0.4 is 4.72 Å². The molecule has 0 heterocycles. The minimum absolute atomic E-state index is 0.0291. The molecule has 19 heavy (non-hydrogen) atoms. The number of aryl methyl sites for hydroxylation is 1. The highest BCUT2D eigenvalue weighted by Crippen LogP contribution is 2.17. The van der Waals surface area contributed by atoms with E-state index in [1.807, 2.05) is 6.92 Å². The molecule has 0 aliphatic rings. The number of ether oxygens (including phenoxy) is 1. The van der Waals surface area contributed by atoms with Gasteiger partial charge >= 0.3 is 5.97 Å². The van der Waals surface area contributed by atoms with Crippen molar-refractivity contribution < 1.29 is 23.1 Å². The zero-order chi connectivity index (χ0) is 14.5. The molecule has 0 spiro atoms. The van der Waals surface area contributed by atoms with Gasteiger partial charge in [0.05, 0.1) is 24.2 Å². The number of aliphatic hydroxyl groups excluding tert-OH is 1. The van der Waals surface area contributed by atoms with Crippen LogP contribution in [0.15, 0.2) is 23.1 Å². The number of sulfonamides is 1. The Bertz CT molecular complexity index is 553. The number of hydrogen-bond donors (Lipinski definition) is 2. The van der Waals surface area contributed by atoms with E-state index in [0.717, 1.165) is 0 Å². The minimum Gasteiger partial charge on any atom is -0.465 e. The summed E-state index contributed by atoms with van der Waals surface area (Å²) >= 11 is 0. The Morgan fingerprint density at radius 3 is 2.63 bits per heavy atom. The first-order chi connectivity index (χ1) is 8.96. The lowest BCUT2D eigenvalue weighted by molar-refractivity contribution is 0.0599. The molecule has 7 heteroatoms. The summed E-state index contributed by atoms with van der Waals surface area (Å²) in [6, 6.07) is 4.29. The van der Waals surface area contributed by atoms with Gasteiger partial charge in [0.1, 0.15) is 0 Å². The third kappa shape index (κ3) is 3.76. The Hall–Kier alpha value is -1.44. The smallest absolute Gasteiger partial charge is 0.338 e. The highest BCUT2D eigenvalue weighted by molar-refractivity contribution is 7.89. The van der Waals surface area contributed by atoms with Gasteiger partial charge in [0, 0.05) is 6.54 Å². The highest BCUT2D eigenvalue weighted by atomic mass is 32.2. The fraction of sp³-hybridized carbons (Fsp3) is 0.417. The summed E-state index contributed by atoms with van der Waals surface area (Å²) in [5.41, 5.74) is 0.949. The molecule has 0 bridgehead atoms. The van der Waals surface area contributed by atoms with E-state index in [0.29, 0.717) is 12.0 Å². The third-order valence-electron chi connectivity index (χ3n) is 2.58. The second-order valence-corrected chi connectivity index (χ2v) is 5.55. The Balaban J connectivity index is 3.21. The fourth-order valence-electron chi connectivity index (χ4n) is 1.59. The first kappa shape index (κ1) is 15.6. The fourth-order valence-corrected chi connectivity index (χ4v) is 2.64. The van der Waals surface area contributed by atoms with Gasteiger partial charge in [-0.3, -0.25) is 0 Å². The van der Waals surface area contributed by atoms with E-state index in [-0.39, 0.29) is 23.6 Å². The number of rotatable bonds is 6. The van der Waals surface area contributed by atoms with E-state index in [9.17, 15) is 13.2 Å². The molecule has 0 saturated heterocycles. The molecule has 1 aromatic rings. The van der Waals surface area contributed by atoms with Gasteiger partial charge in [-0.1, -0.05) is 13.0 Å². The maximum absolute atomic E-state index is 11.9. The van der Waals surface area contributed by atoms with Crippen LogP contribution in [0, 0.1) is 0 Å². The van der Waals surface area contributed by atoms with Crippen LogP contribution in [0.2, 0.25) is 0 Å². The third-order valence-corrected chi connectivity index (χ3v) is 4.04. The Morgan fingerprint density at radius 1 is 1.42 bits per heavy atom. The molecule has 0 unspecified atom stereocenters. The maximum Gasteiger partial charge on any atom is 0.338 e. The number of nitrogens with one attached hydrogen (secondary N) is 1. The summed E-state index contributed by atoms with van der Waals surface area (Å²) in [5.74, 6) is -0.573. The molecule has 1 aromatic carbocycles.